The maximum absolute atomic E-state index is 14.1. The number of fused-ring (bicyclic) bond motifs is 1. The van der Waals surface area contributed by atoms with Crippen LogP contribution < -0.4 is 5.32 Å². The molecule has 124 valence electrons. The fourth-order valence-electron chi connectivity index (χ4n) is 2.18. The van der Waals surface area contributed by atoms with Crippen molar-refractivity contribution in [2.24, 2.45) is 0 Å². The lowest BCUT2D eigenvalue weighted by Gasteiger charge is -2.35. The predicted molar refractivity (Wildman–Crippen MR) is 69.8 cm³/mol. The Morgan fingerprint density at radius 1 is 1.17 bits per heavy atom. The second kappa shape index (κ2) is 5.26. The average Bonchev–Trinajstić information content (AvgIpc) is 3.00. The summed E-state index contributed by atoms with van der Waals surface area (Å²) in [5, 5.41) is 1.89. The molecule has 0 saturated carbocycles. The summed E-state index contributed by atoms with van der Waals surface area (Å²) in [6, 6.07) is 2.64. The molecule has 0 fully saturated rings. The van der Waals surface area contributed by atoms with Gasteiger partial charge in [-0.25, -0.2) is 13.6 Å². The molecule has 1 aromatic heterocycles. The van der Waals surface area contributed by atoms with Crippen molar-refractivity contribution < 1.29 is 35.9 Å². The topological polar surface area (TPSA) is 51.5 Å². The SMILES string of the molecule is O=C1Nc2ccc(F)c(F)c2C(C#Cc2ccoc2)(C(F)(F)F)O1. The molecule has 1 aliphatic rings. The van der Waals surface area contributed by atoms with E-state index in [1.54, 1.807) is 5.92 Å². The Labute approximate surface area is 131 Å². The number of carbonyl (C=O) groups excluding carboxylic acids is 1. The Kier molecular flexibility index (Phi) is 3.48. The first-order valence-corrected chi connectivity index (χ1v) is 6.35. The Hall–Kier alpha value is -3.02. The molecule has 0 saturated heterocycles. The molecule has 2 heterocycles. The van der Waals surface area contributed by atoms with Gasteiger partial charge in [-0.3, -0.25) is 5.32 Å². The fraction of sp³-hybridized carbons (Fsp3) is 0.133. The van der Waals surface area contributed by atoms with E-state index in [9.17, 15) is 26.7 Å². The van der Waals surface area contributed by atoms with Crippen molar-refractivity contribution in [1.82, 2.24) is 0 Å². The highest BCUT2D eigenvalue weighted by Crippen LogP contribution is 2.48. The van der Waals surface area contributed by atoms with Crippen LogP contribution in [0, 0.1) is 23.5 Å². The summed E-state index contributed by atoms with van der Waals surface area (Å²) in [7, 11) is 0. The Balaban J connectivity index is 2.31. The normalized spacial score (nSPS) is 19.6. The Bertz CT molecular complexity index is 864. The fourth-order valence-corrected chi connectivity index (χ4v) is 2.18. The summed E-state index contributed by atoms with van der Waals surface area (Å²) in [4.78, 5) is 11.5. The highest BCUT2D eigenvalue weighted by Gasteiger charge is 2.63. The minimum Gasteiger partial charge on any atom is -0.471 e. The zero-order valence-electron chi connectivity index (χ0n) is 11.5. The van der Waals surface area contributed by atoms with Gasteiger partial charge in [-0.1, -0.05) is 5.92 Å². The molecule has 2 aromatic rings. The third-order valence-electron chi connectivity index (χ3n) is 3.23. The summed E-state index contributed by atoms with van der Waals surface area (Å²) in [5.74, 6) is 0.451. The van der Waals surface area contributed by atoms with Gasteiger partial charge in [0.05, 0.1) is 23.1 Å². The van der Waals surface area contributed by atoms with Crippen LogP contribution in [0.25, 0.3) is 0 Å². The lowest BCUT2D eigenvalue weighted by molar-refractivity contribution is -0.240. The number of furan rings is 1. The molecular formula is C15H6F5NO3. The second-order valence-electron chi connectivity index (χ2n) is 4.74. The van der Waals surface area contributed by atoms with E-state index in [1.807, 2.05) is 5.32 Å². The smallest absolute Gasteiger partial charge is 0.445 e. The number of ether oxygens (including phenoxy) is 1. The van der Waals surface area contributed by atoms with E-state index >= 15 is 0 Å². The van der Waals surface area contributed by atoms with Gasteiger partial charge in [0, 0.05) is 0 Å². The number of alkyl halides is 3. The minimum atomic E-state index is -5.33. The van der Waals surface area contributed by atoms with Gasteiger partial charge in [0.25, 0.3) is 5.60 Å². The summed E-state index contributed by atoms with van der Waals surface area (Å²) >= 11 is 0. The van der Waals surface area contributed by atoms with Crippen molar-refractivity contribution in [2.45, 2.75) is 11.8 Å². The van der Waals surface area contributed by atoms with Crippen molar-refractivity contribution in [3.63, 3.8) is 0 Å². The molecule has 0 radical (unpaired) electrons. The van der Waals surface area contributed by atoms with Gasteiger partial charge in [-0.05, 0) is 24.1 Å². The van der Waals surface area contributed by atoms with E-state index in [-0.39, 0.29) is 5.56 Å². The van der Waals surface area contributed by atoms with Gasteiger partial charge < -0.3 is 9.15 Å². The van der Waals surface area contributed by atoms with Crippen LogP contribution in [0.15, 0.2) is 35.1 Å². The number of benzene rings is 1. The summed E-state index contributed by atoms with van der Waals surface area (Å²) in [6.45, 7) is 0. The van der Waals surface area contributed by atoms with E-state index in [0.717, 1.165) is 18.6 Å². The molecule has 1 amide bonds. The molecule has 1 aromatic carbocycles. The highest BCUT2D eigenvalue weighted by molar-refractivity contribution is 5.89. The minimum absolute atomic E-state index is 0.0339. The van der Waals surface area contributed by atoms with Crippen LogP contribution in [0.1, 0.15) is 11.1 Å². The number of hydrogen-bond donors (Lipinski definition) is 1. The molecule has 0 spiro atoms. The number of cyclic esters (lactones) is 1. The maximum atomic E-state index is 14.1. The summed E-state index contributed by atoms with van der Waals surface area (Å²) in [5.41, 5.74) is -5.45. The number of halogens is 5. The molecule has 4 nitrogen and oxygen atoms in total. The van der Waals surface area contributed by atoms with Gasteiger partial charge in [0.1, 0.15) is 6.26 Å². The van der Waals surface area contributed by atoms with Crippen molar-refractivity contribution >= 4 is 11.8 Å². The molecule has 1 aliphatic heterocycles. The van der Waals surface area contributed by atoms with E-state index in [4.69, 9.17) is 0 Å². The van der Waals surface area contributed by atoms with Crippen LogP contribution in [0.5, 0.6) is 0 Å². The maximum Gasteiger partial charge on any atom is 0.445 e. The largest absolute Gasteiger partial charge is 0.471 e. The Morgan fingerprint density at radius 3 is 2.54 bits per heavy atom. The van der Waals surface area contributed by atoms with E-state index in [2.05, 4.69) is 15.1 Å². The van der Waals surface area contributed by atoms with E-state index < -0.39 is 40.8 Å². The molecule has 0 bridgehead atoms. The predicted octanol–water partition coefficient (Wildman–Crippen LogP) is 3.93. The molecule has 24 heavy (non-hydrogen) atoms. The van der Waals surface area contributed by atoms with Crippen LogP contribution in [-0.4, -0.2) is 12.3 Å². The van der Waals surface area contributed by atoms with Crippen molar-refractivity contribution in [3.8, 4) is 11.8 Å². The van der Waals surface area contributed by atoms with Crippen LogP contribution in [0.2, 0.25) is 0 Å². The molecule has 1 unspecified atom stereocenters. The van der Waals surface area contributed by atoms with Crippen LogP contribution in [0.3, 0.4) is 0 Å². The summed E-state index contributed by atoms with van der Waals surface area (Å²) in [6.07, 6.45) is -4.62. The lowest BCUT2D eigenvalue weighted by atomic mass is 9.89. The molecule has 1 atom stereocenters. The van der Waals surface area contributed by atoms with E-state index in [0.29, 0.717) is 6.07 Å². The second-order valence-corrected chi connectivity index (χ2v) is 4.74. The Morgan fingerprint density at radius 2 is 1.92 bits per heavy atom. The van der Waals surface area contributed by atoms with Gasteiger partial charge in [0.15, 0.2) is 11.6 Å². The van der Waals surface area contributed by atoms with Crippen molar-refractivity contribution in [2.75, 3.05) is 5.32 Å². The van der Waals surface area contributed by atoms with Gasteiger partial charge in [-0.2, -0.15) is 13.2 Å². The zero-order valence-corrected chi connectivity index (χ0v) is 11.5. The lowest BCUT2D eigenvalue weighted by Crippen LogP contribution is -2.50. The number of hydrogen-bond acceptors (Lipinski definition) is 3. The first kappa shape index (κ1) is 15.9. The molecule has 9 heteroatoms. The number of carbonyl (C=O) groups is 1. The molecule has 1 N–H and O–H groups in total. The van der Waals surface area contributed by atoms with Crippen molar-refractivity contribution in [1.29, 1.82) is 0 Å². The molecule has 3 rings (SSSR count). The third-order valence-corrected chi connectivity index (χ3v) is 3.23. The standard InChI is InChI=1S/C15H6F5NO3/c16-9-1-2-10-11(12(9)17)14(15(18,19)20,24-13(22)21-10)5-3-8-4-6-23-7-8/h1-2,4,6-7H,(H,21,22). The molecule has 0 aliphatic carbocycles. The number of anilines is 1. The highest BCUT2D eigenvalue weighted by atomic mass is 19.4. The average molecular weight is 343 g/mol. The van der Waals surface area contributed by atoms with Crippen LogP contribution >= 0.6 is 0 Å². The molecular weight excluding hydrogens is 337 g/mol. The van der Waals surface area contributed by atoms with Gasteiger partial charge >= 0.3 is 12.3 Å². The van der Waals surface area contributed by atoms with Gasteiger partial charge in [0.2, 0.25) is 0 Å². The third kappa shape index (κ3) is 2.36. The first-order valence-electron chi connectivity index (χ1n) is 6.35. The summed E-state index contributed by atoms with van der Waals surface area (Å²) < 4.78 is 77.6. The monoisotopic (exact) mass is 343 g/mol. The van der Waals surface area contributed by atoms with Crippen LogP contribution in [-0.2, 0) is 10.3 Å². The van der Waals surface area contributed by atoms with Crippen molar-refractivity contribution in [3.05, 3.63) is 53.5 Å². The quantitative estimate of drug-likeness (QED) is 0.582. The van der Waals surface area contributed by atoms with Crippen LogP contribution in [0.4, 0.5) is 32.4 Å². The zero-order chi connectivity index (χ0) is 17.5. The number of amides is 1. The number of rotatable bonds is 0. The first-order chi connectivity index (χ1) is 11.2. The van der Waals surface area contributed by atoms with Gasteiger partial charge in [-0.15, -0.1) is 0 Å². The number of nitrogens with one attached hydrogen (secondary N) is 1. The van der Waals surface area contributed by atoms with E-state index in [1.165, 1.54) is 6.07 Å².